The molecule has 6 nitrogen and oxygen atoms in total. The number of ketones is 1. The Morgan fingerprint density at radius 1 is 1.00 bits per heavy atom. The zero-order valence-electron chi connectivity index (χ0n) is 21.6. The monoisotopic (exact) mass is 494 g/mol. The number of carbonyl (C=O) groups excluding carboxylic acids is 2. The molecule has 2 heterocycles. The van der Waals surface area contributed by atoms with Crippen molar-refractivity contribution in [3.05, 3.63) is 100 Å². The Morgan fingerprint density at radius 2 is 1.70 bits per heavy atom. The second kappa shape index (κ2) is 9.28. The highest BCUT2D eigenvalue weighted by Gasteiger charge is 2.48. The molecule has 0 aliphatic carbocycles. The molecule has 0 spiro atoms. The molecule has 0 bridgehead atoms. The van der Waals surface area contributed by atoms with E-state index in [0.717, 1.165) is 38.9 Å². The zero-order chi connectivity index (χ0) is 26.4. The lowest BCUT2D eigenvalue weighted by Gasteiger charge is -2.26. The molecule has 5 rings (SSSR count). The molecule has 6 heteroatoms. The third-order valence-corrected chi connectivity index (χ3v) is 7.19. The summed E-state index contributed by atoms with van der Waals surface area (Å²) in [6.45, 7) is 7.85. The number of aliphatic hydroxyl groups is 1. The number of rotatable bonds is 5. The molecule has 3 aromatic carbocycles. The van der Waals surface area contributed by atoms with Gasteiger partial charge in [0.1, 0.15) is 11.5 Å². The molecular formula is C31H30N2O4. The van der Waals surface area contributed by atoms with Crippen LogP contribution >= 0.6 is 0 Å². The summed E-state index contributed by atoms with van der Waals surface area (Å²) in [7, 11) is 1.62. The molecule has 1 amide bonds. The maximum absolute atomic E-state index is 13.7. The number of aromatic amines is 1. The van der Waals surface area contributed by atoms with Crippen LogP contribution in [0.4, 0.5) is 5.69 Å². The Balaban J connectivity index is 1.81. The molecule has 188 valence electrons. The number of methoxy groups -OCH3 is 1. The Bertz CT molecular complexity index is 1580. The minimum absolute atomic E-state index is 0.0704. The number of aliphatic hydroxyl groups excluding tert-OH is 1. The van der Waals surface area contributed by atoms with Gasteiger partial charge in [-0.2, -0.15) is 0 Å². The lowest BCUT2D eigenvalue weighted by Crippen LogP contribution is -2.30. The molecule has 4 aromatic rings. The van der Waals surface area contributed by atoms with Gasteiger partial charge in [0.2, 0.25) is 0 Å². The lowest BCUT2D eigenvalue weighted by atomic mass is 9.90. The Kier molecular flexibility index (Phi) is 6.12. The van der Waals surface area contributed by atoms with Gasteiger partial charge in [-0.05, 0) is 60.7 Å². The Hall–Kier alpha value is -4.32. The number of ether oxygens (including phenoxy) is 1. The maximum atomic E-state index is 13.7. The fourth-order valence-electron chi connectivity index (χ4n) is 5.26. The van der Waals surface area contributed by atoms with E-state index in [1.807, 2.05) is 94.6 Å². The van der Waals surface area contributed by atoms with E-state index in [9.17, 15) is 14.7 Å². The molecule has 0 saturated carbocycles. The first-order valence-corrected chi connectivity index (χ1v) is 12.4. The predicted octanol–water partition coefficient (Wildman–Crippen LogP) is 6.54. The number of H-pyrrole nitrogens is 1. The van der Waals surface area contributed by atoms with E-state index in [1.54, 1.807) is 7.11 Å². The summed E-state index contributed by atoms with van der Waals surface area (Å²) < 4.78 is 5.57. The number of nitrogens with zero attached hydrogens (tertiary/aromatic N) is 1. The summed E-state index contributed by atoms with van der Waals surface area (Å²) in [4.78, 5) is 32.0. The van der Waals surface area contributed by atoms with Gasteiger partial charge in [-0.1, -0.05) is 50.2 Å². The first-order valence-electron chi connectivity index (χ1n) is 12.4. The second-order valence-corrected chi connectivity index (χ2v) is 9.81. The van der Waals surface area contributed by atoms with E-state index in [4.69, 9.17) is 4.74 Å². The third kappa shape index (κ3) is 3.89. The lowest BCUT2D eigenvalue weighted by molar-refractivity contribution is -0.132. The van der Waals surface area contributed by atoms with Crippen molar-refractivity contribution in [3.8, 4) is 5.75 Å². The van der Waals surface area contributed by atoms with Crippen LogP contribution in [0.3, 0.4) is 0 Å². The fraction of sp³-hybridized carbons (Fsp3) is 0.226. The molecule has 1 aromatic heterocycles. The fourth-order valence-corrected chi connectivity index (χ4v) is 5.26. The van der Waals surface area contributed by atoms with Gasteiger partial charge in [-0.25, -0.2) is 0 Å². The normalized spacial score (nSPS) is 17.2. The van der Waals surface area contributed by atoms with Crippen molar-refractivity contribution in [2.45, 2.75) is 39.7 Å². The summed E-state index contributed by atoms with van der Waals surface area (Å²) in [6, 6.07) is 18.1. The summed E-state index contributed by atoms with van der Waals surface area (Å²) in [5, 5.41) is 12.6. The number of aromatic nitrogens is 1. The summed E-state index contributed by atoms with van der Waals surface area (Å²) in [5.74, 6) is -0.719. The van der Waals surface area contributed by atoms with Crippen molar-refractivity contribution in [1.82, 2.24) is 4.98 Å². The number of carbonyl (C=O) groups is 2. The molecule has 1 saturated heterocycles. The van der Waals surface area contributed by atoms with Crippen molar-refractivity contribution in [1.29, 1.82) is 0 Å². The highest BCUT2D eigenvalue weighted by Crippen LogP contribution is 2.45. The van der Waals surface area contributed by atoms with Crippen LogP contribution < -0.4 is 9.64 Å². The van der Waals surface area contributed by atoms with E-state index >= 15 is 0 Å². The minimum Gasteiger partial charge on any atom is -0.507 e. The van der Waals surface area contributed by atoms with Crippen LogP contribution in [0.25, 0.3) is 16.7 Å². The third-order valence-electron chi connectivity index (χ3n) is 7.19. The van der Waals surface area contributed by atoms with Crippen LogP contribution in [0.1, 0.15) is 53.6 Å². The minimum atomic E-state index is -0.804. The van der Waals surface area contributed by atoms with Gasteiger partial charge in [-0.3, -0.25) is 14.5 Å². The number of nitrogens with one attached hydrogen (secondary N) is 1. The Labute approximate surface area is 216 Å². The van der Waals surface area contributed by atoms with E-state index in [2.05, 4.69) is 4.98 Å². The molecule has 1 aliphatic rings. The molecule has 1 unspecified atom stereocenters. The van der Waals surface area contributed by atoms with E-state index in [0.29, 0.717) is 11.3 Å². The molecule has 2 N–H and O–H groups in total. The first kappa shape index (κ1) is 24.4. The van der Waals surface area contributed by atoms with Crippen molar-refractivity contribution < 1.29 is 19.4 Å². The van der Waals surface area contributed by atoms with E-state index < -0.39 is 17.7 Å². The second-order valence-electron chi connectivity index (χ2n) is 9.81. The zero-order valence-corrected chi connectivity index (χ0v) is 21.6. The first-order chi connectivity index (χ1) is 17.7. The van der Waals surface area contributed by atoms with Crippen molar-refractivity contribution in [3.63, 3.8) is 0 Å². The van der Waals surface area contributed by atoms with Gasteiger partial charge >= 0.3 is 0 Å². The van der Waals surface area contributed by atoms with Crippen molar-refractivity contribution in [2.75, 3.05) is 12.0 Å². The highest BCUT2D eigenvalue weighted by atomic mass is 16.5. The van der Waals surface area contributed by atoms with E-state index in [-0.39, 0.29) is 17.3 Å². The topological polar surface area (TPSA) is 82.6 Å². The smallest absolute Gasteiger partial charge is 0.300 e. The van der Waals surface area contributed by atoms with Crippen LogP contribution in [0.5, 0.6) is 5.75 Å². The van der Waals surface area contributed by atoms with Gasteiger partial charge in [0, 0.05) is 33.9 Å². The van der Waals surface area contributed by atoms with E-state index in [1.165, 1.54) is 4.90 Å². The number of hydrogen-bond acceptors (Lipinski definition) is 4. The largest absolute Gasteiger partial charge is 0.507 e. The van der Waals surface area contributed by atoms with Crippen LogP contribution in [0, 0.1) is 13.8 Å². The average Bonchev–Trinajstić information content (AvgIpc) is 3.42. The quantitative estimate of drug-likeness (QED) is 0.187. The Morgan fingerprint density at radius 3 is 2.41 bits per heavy atom. The van der Waals surface area contributed by atoms with Gasteiger partial charge in [0.05, 0.1) is 18.7 Å². The predicted molar refractivity (Wildman–Crippen MR) is 146 cm³/mol. The number of benzene rings is 3. The summed E-state index contributed by atoms with van der Waals surface area (Å²) in [5.41, 5.74) is 5.36. The summed E-state index contributed by atoms with van der Waals surface area (Å²) >= 11 is 0. The molecule has 37 heavy (non-hydrogen) atoms. The van der Waals surface area contributed by atoms with Crippen LogP contribution in [-0.2, 0) is 9.59 Å². The van der Waals surface area contributed by atoms with Gasteiger partial charge < -0.3 is 14.8 Å². The number of aryl methyl sites for hydroxylation is 2. The molecule has 1 fully saturated rings. The molecular weight excluding hydrogens is 464 g/mol. The number of hydrogen-bond donors (Lipinski definition) is 2. The average molecular weight is 495 g/mol. The number of amides is 1. The number of Topliss-reactive ketones (excluding diaryl/α,β-unsaturated/α-hetero) is 1. The standard InChI is InChI=1S/C31H30N2O4/c1-17(2)21-15-22(19(4)14-26(21)37-5)29(34)27-28(23-16-32-24-12-8-7-11-20(23)24)33(31(36)30(27)35)25-13-9-6-10-18(25)3/h6-17,28,32,34H,1-5H3/b29-27+. The number of para-hydroxylation sites is 2. The number of fused-ring (bicyclic) bond motifs is 1. The van der Waals surface area contributed by atoms with Gasteiger partial charge in [0.25, 0.3) is 11.7 Å². The maximum Gasteiger partial charge on any atom is 0.300 e. The SMILES string of the molecule is COc1cc(C)c(/C(O)=C2\C(=O)C(=O)N(c3ccccc3C)C2c2c[nH]c3ccccc23)cc1C(C)C. The van der Waals surface area contributed by atoms with Crippen LogP contribution in [-0.4, -0.2) is 28.9 Å². The van der Waals surface area contributed by atoms with Crippen molar-refractivity contribution in [2.24, 2.45) is 0 Å². The van der Waals surface area contributed by atoms with Crippen LogP contribution in [0.2, 0.25) is 0 Å². The van der Waals surface area contributed by atoms with Crippen LogP contribution in [0.15, 0.2) is 72.4 Å². The van der Waals surface area contributed by atoms with Gasteiger partial charge in [0.15, 0.2) is 0 Å². The van der Waals surface area contributed by atoms with Crippen molar-refractivity contribution >= 4 is 34.0 Å². The van der Waals surface area contributed by atoms with Gasteiger partial charge in [-0.15, -0.1) is 0 Å². The highest BCUT2D eigenvalue weighted by molar-refractivity contribution is 6.52. The molecule has 1 aliphatic heterocycles. The molecule has 1 atom stereocenters. The summed E-state index contributed by atoms with van der Waals surface area (Å²) in [6.07, 6.45) is 1.82. The molecule has 0 radical (unpaired) electrons. The number of anilines is 1.